The van der Waals surface area contributed by atoms with Gasteiger partial charge in [0.05, 0.1) is 25.5 Å². The Balaban J connectivity index is 1.57. The molecule has 0 aromatic heterocycles. The molecule has 2 amide bonds. The van der Waals surface area contributed by atoms with Gasteiger partial charge in [-0.3, -0.25) is 20.3 Å². The fraction of sp³-hybridized carbons (Fsp3) is 0.630. The number of fused-ring (bicyclic) bond motifs is 1. The van der Waals surface area contributed by atoms with Gasteiger partial charge in [0.15, 0.2) is 0 Å². The third-order valence-electron chi connectivity index (χ3n) is 6.01. The van der Waals surface area contributed by atoms with E-state index in [0.717, 1.165) is 25.2 Å². The average Bonchev–Trinajstić information content (AvgIpc) is 2.87. The van der Waals surface area contributed by atoms with Crippen molar-refractivity contribution in [2.24, 2.45) is 10.4 Å². The number of ether oxygens (including phenoxy) is 3. The number of hydrazine groups is 1. The first-order valence-corrected chi connectivity index (χ1v) is 13.5. The summed E-state index contributed by atoms with van der Waals surface area (Å²) < 4.78 is 16.3. The average molecular weight is 547 g/mol. The maximum atomic E-state index is 12.5. The molecule has 1 saturated heterocycles. The van der Waals surface area contributed by atoms with E-state index in [4.69, 9.17) is 14.2 Å². The predicted molar refractivity (Wildman–Crippen MR) is 146 cm³/mol. The molecule has 3 rings (SSSR count). The molecular weight excluding hydrogens is 504 g/mol. The maximum Gasteiger partial charge on any atom is 0.413 e. The Labute approximate surface area is 230 Å². The third kappa shape index (κ3) is 10.0. The molecule has 0 saturated carbocycles. The molecule has 3 N–H and O–H groups in total. The van der Waals surface area contributed by atoms with Gasteiger partial charge in [-0.15, -0.1) is 0 Å². The van der Waals surface area contributed by atoms with E-state index < -0.39 is 12.1 Å². The van der Waals surface area contributed by atoms with Gasteiger partial charge < -0.3 is 24.4 Å². The zero-order valence-corrected chi connectivity index (χ0v) is 23.7. The second-order valence-corrected chi connectivity index (χ2v) is 10.9. The zero-order chi connectivity index (χ0) is 28.4. The van der Waals surface area contributed by atoms with Crippen LogP contribution in [0.2, 0.25) is 0 Å². The molecule has 39 heavy (non-hydrogen) atoms. The van der Waals surface area contributed by atoms with Crippen molar-refractivity contribution in [1.29, 1.82) is 0 Å². The molecule has 0 radical (unpaired) electrons. The third-order valence-corrected chi connectivity index (χ3v) is 6.01. The Morgan fingerprint density at radius 1 is 1.21 bits per heavy atom. The predicted octanol–water partition coefficient (Wildman–Crippen LogP) is 2.31. The summed E-state index contributed by atoms with van der Waals surface area (Å²) in [6.45, 7) is 13.3. The molecule has 0 aliphatic carbocycles. The first-order chi connectivity index (χ1) is 18.5. The summed E-state index contributed by atoms with van der Waals surface area (Å²) >= 11 is 0. The largest absolute Gasteiger partial charge is 0.494 e. The smallest absolute Gasteiger partial charge is 0.413 e. The number of aliphatic imine (C=N–C) groups is 1. The number of nitrogens with zero attached hydrogens (tertiary/aromatic N) is 3. The van der Waals surface area contributed by atoms with Crippen molar-refractivity contribution in [3.63, 3.8) is 0 Å². The van der Waals surface area contributed by atoms with Crippen molar-refractivity contribution >= 4 is 29.6 Å². The Hall–Kier alpha value is -3.38. The van der Waals surface area contributed by atoms with E-state index in [0.29, 0.717) is 37.4 Å². The molecular formula is C27H42N6O6. The number of hydrogen-bond donors (Lipinski definition) is 3. The van der Waals surface area contributed by atoms with Crippen molar-refractivity contribution < 1.29 is 28.6 Å². The second kappa shape index (κ2) is 14.1. The van der Waals surface area contributed by atoms with E-state index in [9.17, 15) is 14.4 Å². The molecule has 216 valence electrons. The lowest BCUT2D eigenvalue weighted by Gasteiger charge is -2.33. The highest BCUT2D eigenvalue weighted by Gasteiger charge is 2.26. The number of guanidine groups is 1. The summed E-state index contributed by atoms with van der Waals surface area (Å²) in [5.74, 6) is 0.354. The number of benzene rings is 1. The van der Waals surface area contributed by atoms with Crippen molar-refractivity contribution in [1.82, 2.24) is 26.0 Å². The quantitative estimate of drug-likeness (QED) is 0.299. The van der Waals surface area contributed by atoms with E-state index in [1.54, 1.807) is 17.9 Å². The number of piperazine rings is 1. The van der Waals surface area contributed by atoms with Crippen LogP contribution in [0.3, 0.4) is 0 Å². The molecule has 1 aromatic rings. The van der Waals surface area contributed by atoms with Gasteiger partial charge in [-0.2, -0.15) is 0 Å². The number of nitrogens with one attached hydrogen (secondary N) is 3. The molecule has 0 spiro atoms. The molecule has 0 bridgehead atoms. The van der Waals surface area contributed by atoms with Crippen molar-refractivity contribution in [3.8, 4) is 5.75 Å². The first-order valence-electron chi connectivity index (χ1n) is 13.5. The summed E-state index contributed by atoms with van der Waals surface area (Å²) in [5, 5.41) is 7.89. The molecule has 2 aliphatic rings. The van der Waals surface area contributed by atoms with Crippen LogP contribution in [0.1, 0.15) is 53.0 Å². The van der Waals surface area contributed by atoms with Gasteiger partial charge in [-0.25, -0.2) is 14.8 Å². The van der Waals surface area contributed by atoms with E-state index in [1.165, 1.54) is 0 Å². The Kier molecular flexibility index (Phi) is 10.9. The highest BCUT2D eigenvalue weighted by atomic mass is 16.5. The van der Waals surface area contributed by atoms with Crippen LogP contribution >= 0.6 is 0 Å². The van der Waals surface area contributed by atoms with E-state index in [2.05, 4.69) is 28.0 Å². The van der Waals surface area contributed by atoms with Crippen LogP contribution in [0.4, 0.5) is 10.5 Å². The van der Waals surface area contributed by atoms with Crippen LogP contribution in [-0.2, 0) is 25.6 Å². The summed E-state index contributed by atoms with van der Waals surface area (Å²) in [7, 11) is 0. The number of rotatable bonds is 10. The van der Waals surface area contributed by atoms with Crippen LogP contribution in [0.5, 0.6) is 5.75 Å². The minimum Gasteiger partial charge on any atom is -0.494 e. The van der Waals surface area contributed by atoms with Crippen LogP contribution in [-0.4, -0.2) is 85.9 Å². The van der Waals surface area contributed by atoms with Gasteiger partial charge >= 0.3 is 12.1 Å². The van der Waals surface area contributed by atoms with Crippen molar-refractivity contribution in [2.75, 3.05) is 46.0 Å². The number of carbonyl (C=O) groups is 3. The van der Waals surface area contributed by atoms with Gasteiger partial charge in [0.25, 0.3) is 0 Å². The van der Waals surface area contributed by atoms with Gasteiger partial charge in [0, 0.05) is 44.7 Å². The summed E-state index contributed by atoms with van der Waals surface area (Å²) in [5.41, 5.74) is 4.29. The molecule has 2 aliphatic heterocycles. The summed E-state index contributed by atoms with van der Waals surface area (Å²) in [6, 6.07) is 5.74. The topological polar surface area (TPSA) is 134 Å². The van der Waals surface area contributed by atoms with Crippen LogP contribution in [0, 0.1) is 5.41 Å². The summed E-state index contributed by atoms with van der Waals surface area (Å²) in [6.07, 6.45) is 0.258. The highest BCUT2D eigenvalue weighted by Crippen LogP contribution is 2.30. The minimum atomic E-state index is -0.659. The molecule has 12 heteroatoms. The zero-order valence-electron chi connectivity index (χ0n) is 23.7. The Bertz CT molecular complexity index is 1040. The van der Waals surface area contributed by atoms with Crippen molar-refractivity contribution in [2.45, 2.75) is 60.0 Å². The lowest BCUT2D eigenvalue weighted by Crippen LogP contribution is -2.57. The van der Waals surface area contributed by atoms with E-state index in [1.807, 2.05) is 37.9 Å². The molecule has 12 nitrogen and oxygen atoms in total. The van der Waals surface area contributed by atoms with E-state index in [-0.39, 0.29) is 43.1 Å². The fourth-order valence-corrected chi connectivity index (χ4v) is 3.98. The number of hydrogen-bond acceptors (Lipinski definition) is 10. The molecule has 2 heterocycles. The van der Waals surface area contributed by atoms with Crippen molar-refractivity contribution in [3.05, 3.63) is 23.8 Å². The molecule has 1 atom stereocenters. The molecule has 1 unspecified atom stereocenters. The first kappa shape index (κ1) is 30.2. The number of carbonyl (C=O) groups excluding carboxylic acids is 3. The van der Waals surface area contributed by atoms with Crippen LogP contribution < -0.4 is 20.8 Å². The Morgan fingerprint density at radius 3 is 2.72 bits per heavy atom. The van der Waals surface area contributed by atoms with E-state index >= 15 is 0 Å². The minimum absolute atomic E-state index is 0.0295. The second-order valence-electron chi connectivity index (χ2n) is 10.9. The Morgan fingerprint density at radius 2 is 2.00 bits per heavy atom. The SMILES string of the molecule is CCOC(=O)NC1=Nc2cc(OCCCC(=O)NN3CCNCC3C)ccc2CN1CC(=O)OCC(C)(C)C. The number of esters is 1. The lowest BCUT2D eigenvalue weighted by atomic mass is 9.99. The van der Waals surface area contributed by atoms with Crippen LogP contribution in [0.15, 0.2) is 23.2 Å². The highest BCUT2D eigenvalue weighted by molar-refractivity contribution is 5.97. The van der Waals surface area contributed by atoms with Gasteiger partial charge in [-0.1, -0.05) is 26.8 Å². The molecule has 1 fully saturated rings. The normalized spacial score (nSPS) is 17.5. The lowest BCUT2D eigenvalue weighted by molar-refractivity contribution is -0.146. The molecule has 1 aromatic carbocycles. The van der Waals surface area contributed by atoms with Gasteiger partial charge in [0.2, 0.25) is 11.9 Å². The number of amides is 2. The maximum absolute atomic E-state index is 12.5. The standard InChI is InChI=1S/C27H42N6O6/c1-6-37-26(36)30-25-29-22-14-21(38-13-7-8-23(34)31-33-12-11-28-15-19(33)2)10-9-20(22)16-32(25)17-24(35)39-18-27(3,4)5/h9-10,14,19,28H,6-8,11-13,15-18H2,1-5H3,(H,31,34)(H,29,30,36). The number of alkyl carbamates (subject to hydrolysis) is 1. The monoisotopic (exact) mass is 546 g/mol. The fourth-order valence-electron chi connectivity index (χ4n) is 3.98. The summed E-state index contributed by atoms with van der Waals surface area (Å²) in [4.78, 5) is 43.1. The van der Waals surface area contributed by atoms with Crippen LogP contribution in [0.25, 0.3) is 0 Å². The van der Waals surface area contributed by atoms with Gasteiger partial charge in [0.1, 0.15) is 12.3 Å². The van der Waals surface area contributed by atoms with Gasteiger partial charge in [-0.05, 0) is 37.3 Å².